The van der Waals surface area contributed by atoms with Gasteiger partial charge in [0, 0.05) is 0 Å². The Morgan fingerprint density at radius 2 is 0.919 bits per heavy atom. The van der Waals surface area contributed by atoms with Crippen LogP contribution in [0.15, 0.2) is 0 Å². The van der Waals surface area contributed by atoms with E-state index in [-0.39, 0.29) is 64.6 Å². The SMILES string of the molecule is CCCCCCCCCCCCOC(=O)CC(C(=O)OCCCCCCCCCCCC)S(=O)(=O)[O-].[K+]. The van der Waals surface area contributed by atoms with Gasteiger partial charge in [-0.15, -0.1) is 0 Å². The summed E-state index contributed by atoms with van der Waals surface area (Å²) in [4.78, 5) is 24.1. The van der Waals surface area contributed by atoms with Crippen LogP contribution in [-0.2, 0) is 29.2 Å². The monoisotopic (exact) mass is 572 g/mol. The van der Waals surface area contributed by atoms with Gasteiger partial charge in [0.15, 0.2) is 5.25 Å². The zero-order valence-corrected chi connectivity index (χ0v) is 28.0. The molecule has 1 unspecified atom stereocenters. The fourth-order valence-electron chi connectivity index (χ4n) is 4.14. The van der Waals surface area contributed by atoms with Gasteiger partial charge in [-0.3, -0.25) is 9.59 Å². The third-order valence-corrected chi connectivity index (χ3v) is 7.52. The summed E-state index contributed by atoms with van der Waals surface area (Å²) in [6.07, 6.45) is 21.8. The Balaban J connectivity index is 0. The van der Waals surface area contributed by atoms with Crippen LogP contribution in [0.25, 0.3) is 0 Å². The van der Waals surface area contributed by atoms with Gasteiger partial charge in [-0.05, 0) is 12.8 Å². The zero-order valence-electron chi connectivity index (χ0n) is 24.1. The van der Waals surface area contributed by atoms with Gasteiger partial charge in [-0.25, -0.2) is 8.42 Å². The molecule has 0 saturated carbocycles. The number of ether oxygens (including phenoxy) is 2. The van der Waals surface area contributed by atoms with E-state index in [1.54, 1.807) is 0 Å². The fourth-order valence-corrected chi connectivity index (χ4v) is 4.79. The Kier molecular flexibility index (Phi) is 30.0. The summed E-state index contributed by atoms with van der Waals surface area (Å²) in [6.45, 7) is 4.62. The predicted octanol–water partition coefficient (Wildman–Crippen LogP) is 4.22. The molecule has 0 N–H and O–H groups in total. The molecule has 0 aromatic carbocycles. The molecule has 7 nitrogen and oxygen atoms in total. The number of rotatable bonds is 26. The molecule has 37 heavy (non-hydrogen) atoms. The van der Waals surface area contributed by atoms with Crippen LogP contribution < -0.4 is 51.4 Å². The molecule has 0 radical (unpaired) electrons. The van der Waals surface area contributed by atoms with E-state index >= 15 is 0 Å². The Bertz CT molecular complexity index is 640. The Labute approximate surface area is 270 Å². The molecule has 1 atom stereocenters. The number of hydrogen-bond acceptors (Lipinski definition) is 7. The molecule has 0 bridgehead atoms. The van der Waals surface area contributed by atoms with Crippen molar-refractivity contribution in [3.05, 3.63) is 0 Å². The van der Waals surface area contributed by atoms with Crippen molar-refractivity contribution in [3.63, 3.8) is 0 Å². The molecule has 0 saturated heterocycles. The molecule has 0 aliphatic rings. The van der Waals surface area contributed by atoms with Gasteiger partial charge in [0.05, 0.1) is 19.6 Å². The molecule has 214 valence electrons. The largest absolute Gasteiger partial charge is 1.00 e. The summed E-state index contributed by atoms with van der Waals surface area (Å²) >= 11 is 0. The molecule has 0 rings (SSSR count). The van der Waals surface area contributed by atoms with Crippen molar-refractivity contribution in [2.75, 3.05) is 13.2 Å². The maximum absolute atomic E-state index is 12.1. The first-order valence-corrected chi connectivity index (χ1v) is 16.1. The molecule has 0 spiro atoms. The van der Waals surface area contributed by atoms with E-state index in [9.17, 15) is 22.6 Å². The Morgan fingerprint density at radius 1 is 0.595 bits per heavy atom. The van der Waals surface area contributed by atoms with Crippen LogP contribution in [0, 0.1) is 0 Å². The predicted molar refractivity (Wildman–Crippen MR) is 144 cm³/mol. The van der Waals surface area contributed by atoms with E-state index in [0.717, 1.165) is 38.5 Å². The second-order valence-corrected chi connectivity index (χ2v) is 11.5. The molecule has 0 heterocycles. The van der Waals surface area contributed by atoms with Crippen LogP contribution in [0.5, 0.6) is 0 Å². The minimum Gasteiger partial charge on any atom is -0.747 e. The first-order valence-electron chi connectivity index (χ1n) is 14.6. The van der Waals surface area contributed by atoms with E-state index in [0.29, 0.717) is 12.8 Å². The van der Waals surface area contributed by atoms with Crippen molar-refractivity contribution in [1.29, 1.82) is 0 Å². The molecule has 0 aromatic heterocycles. The van der Waals surface area contributed by atoms with E-state index < -0.39 is 33.7 Å². The van der Waals surface area contributed by atoms with Crippen molar-refractivity contribution in [2.45, 2.75) is 154 Å². The van der Waals surface area contributed by atoms with E-state index in [1.165, 1.54) is 77.0 Å². The van der Waals surface area contributed by atoms with Crippen molar-refractivity contribution in [3.8, 4) is 0 Å². The van der Waals surface area contributed by atoms with Crippen LogP contribution in [-0.4, -0.2) is 43.4 Å². The summed E-state index contributed by atoms with van der Waals surface area (Å²) in [7, 11) is -5.00. The van der Waals surface area contributed by atoms with Gasteiger partial charge < -0.3 is 14.0 Å². The third-order valence-electron chi connectivity index (χ3n) is 6.47. The van der Waals surface area contributed by atoms with Crippen LogP contribution >= 0.6 is 0 Å². The summed E-state index contributed by atoms with van der Waals surface area (Å²) in [5, 5.41) is -2.04. The molecule has 0 fully saturated rings. The van der Waals surface area contributed by atoms with E-state index in [1.807, 2.05) is 0 Å². The number of carbonyl (C=O) groups is 2. The van der Waals surface area contributed by atoms with Gasteiger partial charge >= 0.3 is 63.3 Å². The average molecular weight is 573 g/mol. The normalized spacial score (nSPS) is 12.1. The summed E-state index contributed by atoms with van der Waals surface area (Å²) < 4.78 is 44.6. The Hall–Kier alpha value is 0.486. The standard InChI is InChI=1S/C28H54O7S.K/c1-3-5-7-9-11-13-15-17-19-21-23-34-27(29)25-26(36(31,32)33)28(30)35-24-22-20-18-16-14-12-10-8-6-4-2;/h26H,3-25H2,1-2H3,(H,31,32,33);/q;+1/p-1. The third kappa shape index (κ3) is 26.5. The molecule has 0 aromatic rings. The molecule has 0 amide bonds. The molecule has 0 aliphatic carbocycles. The smallest absolute Gasteiger partial charge is 0.747 e. The minimum absolute atomic E-state index is 0. The van der Waals surface area contributed by atoms with Gasteiger partial charge in [-0.1, -0.05) is 129 Å². The number of hydrogen-bond donors (Lipinski definition) is 0. The molecule has 0 aliphatic heterocycles. The first kappa shape index (κ1) is 39.6. The molecule has 9 heteroatoms. The van der Waals surface area contributed by atoms with Crippen molar-refractivity contribution in [1.82, 2.24) is 0 Å². The average Bonchev–Trinajstić information content (AvgIpc) is 2.83. The van der Waals surface area contributed by atoms with Crippen LogP contribution in [0.3, 0.4) is 0 Å². The van der Waals surface area contributed by atoms with Crippen molar-refractivity contribution < 1.29 is 83.4 Å². The summed E-state index contributed by atoms with van der Waals surface area (Å²) in [6, 6.07) is 0. The Morgan fingerprint density at radius 3 is 1.27 bits per heavy atom. The molecular formula is C28H53KO7S. The second-order valence-electron chi connectivity index (χ2n) is 9.94. The fraction of sp³-hybridized carbons (Fsp3) is 0.929. The summed E-state index contributed by atoms with van der Waals surface area (Å²) in [5.74, 6) is -2.01. The zero-order chi connectivity index (χ0) is 26.9. The van der Waals surface area contributed by atoms with Crippen LogP contribution in [0.2, 0.25) is 0 Å². The number of unbranched alkanes of at least 4 members (excludes halogenated alkanes) is 18. The topological polar surface area (TPSA) is 110 Å². The van der Waals surface area contributed by atoms with Gasteiger partial charge in [0.2, 0.25) is 0 Å². The van der Waals surface area contributed by atoms with Crippen LogP contribution in [0.4, 0.5) is 0 Å². The van der Waals surface area contributed by atoms with Gasteiger partial charge in [0.25, 0.3) is 0 Å². The van der Waals surface area contributed by atoms with E-state index in [2.05, 4.69) is 13.8 Å². The number of esters is 2. The van der Waals surface area contributed by atoms with Gasteiger partial charge in [-0.2, -0.15) is 0 Å². The first-order chi connectivity index (χ1) is 17.3. The minimum atomic E-state index is -5.00. The van der Waals surface area contributed by atoms with Crippen molar-refractivity contribution >= 4 is 22.1 Å². The second kappa shape index (κ2) is 28.0. The van der Waals surface area contributed by atoms with E-state index in [4.69, 9.17) is 9.47 Å². The van der Waals surface area contributed by atoms with Gasteiger partial charge in [0.1, 0.15) is 10.1 Å². The van der Waals surface area contributed by atoms with Crippen molar-refractivity contribution in [2.24, 2.45) is 0 Å². The maximum atomic E-state index is 12.1. The maximum Gasteiger partial charge on any atom is 1.00 e. The number of carbonyl (C=O) groups excluding carboxylic acids is 2. The van der Waals surface area contributed by atoms with Crippen LogP contribution in [0.1, 0.15) is 149 Å². The summed E-state index contributed by atoms with van der Waals surface area (Å²) in [5.41, 5.74) is 0. The molecular weight excluding hydrogens is 519 g/mol. The quantitative estimate of drug-likeness (QED) is 0.0660.